The van der Waals surface area contributed by atoms with E-state index < -0.39 is 0 Å². The lowest BCUT2D eigenvalue weighted by Gasteiger charge is -2.38. The van der Waals surface area contributed by atoms with Crippen molar-refractivity contribution in [1.29, 1.82) is 0 Å². The fourth-order valence-corrected chi connectivity index (χ4v) is 3.87. The fourth-order valence-electron chi connectivity index (χ4n) is 2.88. The van der Waals surface area contributed by atoms with E-state index in [0.29, 0.717) is 19.2 Å². The molecule has 0 radical (unpaired) electrons. The van der Waals surface area contributed by atoms with E-state index in [1.54, 1.807) is 0 Å². The van der Waals surface area contributed by atoms with Gasteiger partial charge in [0.25, 0.3) is 0 Å². The lowest BCUT2D eigenvalue weighted by Crippen LogP contribution is -2.52. The predicted octanol–water partition coefficient (Wildman–Crippen LogP) is 2.23. The number of carbonyl (C=O) groups is 1. The summed E-state index contributed by atoms with van der Waals surface area (Å²) < 4.78 is 5.63. The maximum Gasteiger partial charge on any atom is 0.241 e. The summed E-state index contributed by atoms with van der Waals surface area (Å²) in [5.41, 5.74) is 1.06. The molecule has 2 atom stereocenters. The molecule has 0 saturated carbocycles. The Morgan fingerprint density at radius 1 is 1.38 bits per heavy atom. The standard InChI is InChI=1S/C16H22N2O2S/c1-12-11-20-13(2)9-17(12)10-16(19)18-7-8-21-15-6-4-3-5-14(15)18/h3-6,12-13H,7-11H2,1-2H3. The maximum atomic E-state index is 12.7. The van der Waals surface area contributed by atoms with Crippen LogP contribution >= 0.6 is 11.8 Å². The Labute approximate surface area is 130 Å². The summed E-state index contributed by atoms with van der Waals surface area (Å²) in [7, 11) is 0. The highest BCUT2D eigenvalue weighted by molar-refractivity contribution is 7.99. The molecular formula is C16H22N2O2S. The first kappa shape index (κ1) is 14.9. The maximum absolute atomic E-state index is 12.7. The number of rotatable bonds is 2. The summed E-state index contributed by atoms with van der Waals surface area (Å²) in [6.45, 7) is 7.01. The molecule has 4 nitrogen and oxygen atoms in total. The molecule has 2 aliphatic rings. The summed E-state index contributed by atoms with van der Waals surface area (Å²) in [4.78, 5) is 18.1. The van der Waals surface area contributed by atoms with Gasteiger partial charge in [-0.25, -0.2) is 0 Å². The molecule has 1 aromatic rings. The van der Waals surface area contributed by atoms with Crippen LogP contribution in [0.2, 0.25) is 0 Å². The van der Waals surface area contributed by atoms with Gasteiger partial charge in [0.05, 0.1) is 24.9 Å². The normalized spacial score (nSPS) is 26.5. The summed E-state index contributed by atoms with van der Waals surface area (Å²) in [5, 5.41) is 0. The number of fused-ring (bicyclic) bond motifs is 1. The molecule has 1 amide bonds. The van der Waals surface area contributed by atoms with Gasteiger partial charge in [0.15, 0.2) is 0 Å². The van der Waals surface area contributed by atoms with Gasteiger partial charge in [0, 0.05) is 29.8 Å². The van der Waals surface area contributed by atoms with Crippen LogP contribution in [0.5, 0.6) is 0 Å². The highest BCUT2D eigenvalue weighted by Gasteiger charge is 2.29. The van der Waals surface area contributed by atoms with E-state index in [2.05, 4.69) is 24.8 Å². The number of anilines is 1. The van der Waals surface area contributed by atoms with Gasteiger partial charge in [-0.3, -0.25) is 9.69 Å². The molecule has 1 aromatic carbocycles. The summed E-state index contributed by atoms with van der Waals surface area (Å²) in [5.74, 6) is 1.17. The molecule has 0 aliphatic carbocycles. The van der Waals surface area contributed by atoms with Crippen molar-refractivity contribution in [1.82, 2.24) is 4.90 Å². The number of thioether (sulfide) groups is 1. The number of ether oxygens (including phenoxy) is 1. The summed E-state index contributed by atoms with van der Waals surface area (Å²) in [6.07, 6.45) is 0.207. The monoisotopic (exact) mass is 306 g/mol. The molecule has 0 spiro atoms. The van der Waals surface area contributed by atoms with Gasteiger partial charge >= 0.3 is 0 Å². The highest BCUT2D eigenvalue weighted by atomic mass is 32.2. The average Bonchev–Trinajstić information content (AvgIpc) is 2.50. The Balaban J connectivity index is 1.71. The van der Waals surface area contributed by atoms with Gasteiger partial charge in [-0.1, -0.05) is 12.1 Å². The Hall–Kier alpha value is -1.04. The lowest BCUT2D eigenvalue weighted by atomic mass is 10.2. The largest absolute Gasteiger partial charge is 0.376 e. The van der Waals surface area contributed by atoms with Crippen LogP contribution in [0.4, 0.5) is 5.69 Å². The molecule has 1 saturated heterocycles. The van der Waals surface area contributed by atoms with Crippen LogP contribution in [0.1, 0.15) is 13.8 Å². The Bertz CT molecular complexity index is 523. The fraction of sp³-hybridized carbons (Fsp3) is 0.562. The summed E-state index contributed by atoms with van der Waals surface area (Å²) >= 11 is 1.83. The zero-order chi connectivity index (χ0) is 14.8. The second-order valence-electron chi connectivity index (χ2n) is 5.78. The average molecular weight is 306 g/mol. The van der Waals surface area contributed by atoms with Crippen molar-refractivity contribution in [2.24, 2.45) is 0 Å². The molecular weight excluding hydrogens is 284 g/mol. The van der Waals surface area contributed by atoms with E-state index in [4.69, 9.17) is 4.74 Å². The topological polar surface area (TPSA) is 32.8 Å². The molecule has 0 N–H and O–H groups in total. The molecule has 0 bridgehead atoms. The van der Waals surface area contributed by atoms with Crippen molar-refractivity contribution >= 4 is 23.4 Å². The number of para-hydroxylation sites is 1. The smallest absolute Gasteiger partial charge is 0.241 e. The van der Waals surface area contributed by atoms with E-state index >= 15 is 0 Å². The molecule has 2 heterocycles. The predicted molar refractivity (Wildman–Crippen MR) is 86.0 cm³/mol. The van der Waals surface area contributed by atoms with Crippen LogP contribution in [0, 0.1) is 0 Å². The summed E-state index contributed by atoms with van der Waals surface area (Å²) in [6, 6.07) is 8.49. The van der Waals surface area contributed by atoms with Crippen LogP contribution in [-0.4, -0.2) is 54.9 Å². The van der Waals surface area contributed by atoms with Gasteiger partial charge in [-0.2, -0.15) is 0 Å². The molecule has 0 aromatic heterocycles. The van der Waals surface area contributed by atoms with Crippen molar-refractivity contribution in [2.45, 2.75) is 30.9 Å². The molecule has 5 heteroatoms. The van der Waals surface area contributed by atoms with Crippen molar-refractivity contribution in [3.8, 4) is 0 Å². The highest BCUT2D eigenvalue weighted by Crippen LogP contribution is 2.34. The first-order valence-electron chi connectivity index (χ1n) is 7.53. The van der Waals surface area contributed by atoms with Gasteiger partial charge in [-0.05, 0) is 26.0 Å². The van der Waals surface area contributed by atoms with Gasteiger partial charge in [-0.15, -0.1) is 11.8 Å². The number of carbonyl (C=O) groups excluding carboxylic acids is 1. The van der Waals surface area contributed by atoms with Gasteiger partial charge in [0.1, 0.15) is 0 Å². The number of morpholine rings is 1. The van der Waals surface area contributed by atoms with Gasteiger partial charge < -0.3 is 9.64 Å². The minimum absolute atomic E-state index is 0.198. The minimum Gasteiger partial charge on any atom is -0.376 e. The second-order valence-corrected chi connectivity index (χ2v) is 6.92. The third-order valence-corrected chi connectivity index (χ3v) is 5.15. The Morgan fingerprint density at radius 3 is 3.05 bits per heavy atom. The molecule has 114 valence electrons. The molecule has 2 aliphatic heterocycles. The van der Waals surface area contributed by atoms with E-state index in [1.807, 2.05) is 34.9 Å². The van der Waals surface area contributed by atoms with Crippen molar-refractivity contribution in [3.05, 3.63) is 24.3 Å². The zero-order valence-corrected chi connectivity index (χ0v) is 13.4. The molecule has 1 fully saturated rings. The number of benzene rings is 1. The molecule has 3 rings (SSSR count). The van der Waals surface area contributed by atoms with E-state index in [-0.39, 0.29) is 12.0 Å². The number of hydrogen-bond acceptors (Lipinski definition) is 4. The Kier molecular flexibility index (Phi) is 4.52. The van der Waals surface area contributed by atoms with Crippen molar-refractivity contribution in [3.63, 3.8) is 0 Å². The number of hydrogen-bond donors (Lipinski definition) is 0. The molecule has 21 heavy (non-hydrogen) atoms. The van der Waals surface area contributed by atoms with Crippen LogP contribution in [0.25, 0.3) is 0 Å². The van der Waals surface area contributed by atoms with E-state index in [9.17, 15) is 4.79 Å². The SMILES string of the molecule is CC1CN(CC(=O)N2CCSc3ccccc32)C(C)CO1. The minimum atomic E-state index is 0.198. The van der Waals surface area contributed by atoms with Crippen LogP contribution in [-0.2, 0) is 9.53 Å². The van der Waals surface area contributed by atoms with Crippen LogP contribution in [0.15, 0.2) is 29.2 Å². The van der Waals surface area contributed by atoms with E-state index in [0.717, 1.165) is 24.5 Å². The Morgan fingerprint density at radius 2 is 2.19 bits per heavy atom. The molecule has 2 unspecified atom stereocenters. The third-order valence-electron chi connectivity index (χ3n) is 4.10. The van der Waals surface area contributed by atoms with Crippen molar-refractivity contribution < 1.29 is 9.53 Å². The first-order valence-corrected chi connectivity index (χ1v) is 8.51. The first-order chi connectivity index (χ1) is 10.1. The second kappa shape index (κ2) is 6.38. The number of amides is 1. The van der Waals surface area contributed by atoms with E-state index in [1.165, 1.54) is 4.90 Å². The van der Waals surface area contributed by atoms with Gasteiger partial charge in [0.2, 0.25) is 5.91 Å². The lowest BCUT2D eigenvalue weighted by molar-refractivity contribution is -0.123. The quantitative estimate of drug-likeness (QED) is 0.839. The third kappa shape index (κ3) is 3.25. The number of nitrogens with zero attached hydrogens (tertiary/aromatic N) is 2. The van der Waals surface area contributed by atoms with Crippen molar-refractivity contribution in [2.75, 3.05) is 36.9 Å². The zero-order valence-electron chi connectivity index (χ0n) is 12.6. The van der Waals surface area contributed by atoms with Crippen LogP contribution in [0.3, 0.4) is 0 Å². The van der Waals surface area contributed by atoms with Crippen LogP contribution < -0.4 is 4.90 Å².